The first-order chi connectivity index (χ1) is 45.7. The number of hydrogen-bond acceptors (Lipinski definition) is 15. The van der Waals surface area contributed by atoms with E-state index in [1.165, 1.54) is 173 Å². The summed E-state index contributed by atoms with van der Waals surface area (Å²) >= 11 is 0. The zero-order valence-corrected chi connectivity index (χ0v) is 64.1. The molecule has 7 atom stereocenters. The molecule has 0 spiro atoms. The maximum absolute atomic E-state index is 13.1. The number of unbranched alkanes of at least 4 members (excludes halogenated alkanes) is 37. The maximum Gasteiger partial charge on any atom is 0.472 e. The summed E-state index contributed by atoms with van der Waals surface area (Å²) in [4.78, 5) is 72.8. The zero-order chi connectivity index (χ0) is 70.3. The van der Waals surface area contributed by atoms with Gasteiger partial charge < -0.3 is 33.8 Å². The van der Waals surface area contributed by atoms with Crippen molar-refractivity contribution in [3.05, 3.63) is 0 Å². The summed E-state index contributed by atoms with van der Waals surface area (Å²) in [5.74, 6) is 0.936. The lowest BCUT2D eigenvalue weighted by Crippen LogP contribution is -2.30. The van der Waals surface area contributed by atoms with Crippen LogP contribution in [-0.2, 0) is 65.4 Å². The largest absolute Gasteiger partial charge is 0.472 e. The molecule has 0 radical (unpaired) electrons. The first kappa shape index (κ1) is 93.1. The summed E-state index contributed by atoms with van der Waals surface area (Å²) in [5, 5.41) is 10.6. The molecule has 95 heavy (non-hydrogen) atoms. The van der Waals surface area contributed by atoms with E-state index in [1.807, 2.05) is 0 Å². The molecule has 4 unspecified atom stereocenters. The monoisotopic (exact) mass is 1400 g/mol. The molecule has 0 rings (SSSR count). The highest BCUT2D eigenvalue weighted by Gasteiger charge is 2.30. The fraction of sp³-hybridized carbons (Fsp3) is 0.947. The normalized spacial score (nSPS) is 14.7. The van der Waals surface area contributed by atoms with Crippen LogP contribution in [0.3, 0.4) is 0 Å². The van der Waals surface area contributed by atoms with E-state index < -0.39 is 97.5 Å². The van der Waals surface area contributed by atoms with Crippen LogP contribution in [0.5, 0.6) is 0 Å². The quantitative estimate of drug-likeness (QED) is 0.0222. The van der Waals surface area contributed by atoms with E-state index >= 15 is 0 Å². The van der Waals surface area contributed by atoms with Gasteiger partial charge in [0.1, 0.15) is 19.3 Å². The summed E-state index contributed by atoms with van der Waals surface area (Å²) in [6.45, 7) is 14.2. The highest BCUT2D eigenvalue weighted by Crippen LogP contribution is 2.45. The number of carbonyl (C=O) groups is 4. The summed E-state index contributed by atoms with van der Waals surface area (Å²) in [6, 6.07) is 0. The van der Waals surface area contributed by atoms with Crippen molar-refractivity contribution in [3.8, 4) is 0 Å². The predicted octanol–water partition coefficient (Wildman–Crippen LogP) is 22.0. The molecule has 0 amide bonds. The Balaban J connectivity index is 5.22. The van der Waals surface area contributed by atoms with Crippen LogP contribution in [-0.4, -0.2) is 96.7 Å². The minimum atomic E-state index is -4.96. The maximum atomic E-state index is 13.1. The number of phosphoric ester groups is 2. The van der Waals surface area contributed by atoms with Crippen LogP contribution in [0.1, 0.15) is 383 Å². The van der Waals surface area contributed by atoms with Gasteiger partial charge in [0.2, 0.25) is 0 Å². The standard InChI is InChI=1S/C76H148O17P2/c1-9-68(7)54-46-38-32-34-40-48-56-73(78)86-62-71(92-75(80)58-50-42-30-26-22-18-13-11-12-16-20-24-28-36-44-52-66(3)4)64-90-94(82,83)88-60-70(77)61-89-95(84,85)91-65-72(63-87-74(79)57-49-41-35-33-39-47-55-69(8)10-2)93-76(81)59-51-43-31-27-23-19-15-14-17-21-25-29-37-45-53-67(5)6/h66-72,77H,9-65H2,1-8H3,(H,82,83)(H,84,85)/t68?,69?,70-,71-,72-/m1/s1. The Bertz CT molecular complexity index is 1870. The lowest BCUT2D eigenvalue weighted by molar-refractivity contribution is -0.161. The fourth-order valence-corrected chi connectivity index (χ4v) is 13.1. The first-order valence-corrected chi connectivity index (χ1v) is 42.3. The Labute approximate surface area is 581 Å². The third-order valence-corrected chi connectivity index (χ3v) is 20.2. The smallest absolute Gasteiger partial charge is 0.462 e. The fourth-order valence-electron chi connectivity index (χ4n) is 11.5. The lowest BCUT2D eigenvalue weighted by atomic mass is 10.00. The molecular formula is C76H148O17P2. The van der Waals surface area contributed by atoms with Crippen molar-refractivity contribution in [1.29, 1.82) is 0 Å². The minimum absolute atomic E-state index is 0.106. The number of phosphoric acid groups is 2. The van der Waals surface area contributed by atoms with Crippen LogP contribution >= 0.6 is 15.6 Å². The highest BCUT2D eigenvalue weighted by molar-refractivity contribution is 7.47. The number of hydrogen-bond donors (Lipinski definition) is 3. The number of rotatable bonds is 73. The van der Waals surface area contributed by atoms with Crippen LogP contribution in [0.4, 0.5) is 0 Å². The van der Waals surface area contributed by atoms with Gasteiger partial charge in [0.05, 0.1) is 26.4 Å². The molecule has 0 heterocycles. The van der Waals surface area contributed by atoms with Gasteiger partial charge in [-0.05, 0) is 49.4 Å². The minimum Gasteiger partial charge on any atom is -0.462 e. The summed E-state index contributed by atoms with van der Waals surface area (Å²) in [7, 11) is -9.91. The Morgan fingerprint density at radius 3 is 0.747 bits per heavy atom. The van der Waals surface area contributed by atoms with Crippen molar-refractivity contribution >= 4 is 39.5 Å². The van der Waals surface area contributed by atoms with Crippen molar-refractivity contribution < 1.29 is 80.2 Å². The van der Waals surface area contributed by atoms with Gasteiger partial charge in [0.15, 0.2) is 12.2 Å². The molecule has 0 aromatic carbocycles. The molecule has 0 saturated carbocycles. The second-order valence-corrected chi connectivity index (χ2v) is 31.7. The molecular weight excluding hydrogens is 1250 g/mol. The van der Waals surface area contributed by atoms with E-state index in [9.17, 15) is 43.2 Å². The molecule has 19 heteroatoms. The van der Waals surface area contributed by atoms with Crippen molar-refractivity contribution in [2.45, 2.75) is 401 Å². The van der Waals surface area contributed by atoms with Crippen LogP contribution < -0.4 is 0 Å². The summed E-state index contributed by atoms with van der Waals surface area (Å²) < 4.78 is 68.5. The molecule has 17 nitrogen and oxygen atoms in total. The average molecular weight is 1400 g/mol. The Kier molecular flexibility index (Phi) is 64.0. The van der Waals surface area contributed by atoms with Crippen LogP contribution in [0, 0.1) is 23.7 Å². The average Bonchev–Trinajstić information content (AvgIpc) is 3.24. The van der Waals surface area contributed by atoms with Gasteiger partial charge in [-0.1, -0.05) is 331 Å². The van der Waals surface area contributed by atoms with Gasteiger partial charge in [-0.3, -0.25) is 37.3 Å². The van der Waals surface area contributed by atoms with Gasteiger partial charge in [0.25, 0.3) is 0 Å². The SMILES string of the molecule is CCC(C)CCCCCCCCC(=O)OC[C@H](COP(=O)(O)OC[C@@H](O)COP(=O)(O)OC[C@@H](COC(=O)CCCCCCCCC(C)CC)OC(=O)CCCCCCCCCCCCCCCCC(C)C)OC(=O)CCCCCCCCCCCCCCCCCC(C)C. The number of carbonyl (C=O) groups excluding carboxylic acids is 4. The molecule has 0 aliphatic carbocycles. The second-order valence-electron chi connectivity index (χ2n) is 28.8. The van der Waals surface area contributed by atoms with E-state index in [2.05, 4.69) is 55.4 Å². The van der Waals surface area contributed by atoms with E-state index in [0.717, 1.165) is 126 Å². The van der Waals surface area contributed by atoms with Gasteiger partial charge in [0, 0.05) is 25.7 Å². The van der Waals surface area contributed by atoms with Crippen molar-refractivity contribution in [2.75, 3.05) is 39.6 Å². The number of aliphatic hydroxyl groups excluding tert-OH is 1. The molecule has 0 saturated heterocycles. The molecule has 0 aliphatic heterocycles. The second kappa shape index (κ2) is 65.4. The third kappa shape index (κ3) is 67.6. The molecule has 3 N–H and O–H groups in total. The van der Waals surface area contributed by atoms with Crippen LogP contribution in [0.2, 0.25) is 0 Å². The zero-order valence-electron chi connectivity index (χ0n) is 62.3. The Hall–Kier alpha value is -1.94. The van der Waals surface area contributed by atoms with Crippen molar-refractivity contribution in [2.24, 2.45) is 23.7 Å². The lowest BCUT2D eigenvalue weighted by Gasteiger charge is -2.21. The van der Waals surface area contributed by atoms with Crippen molar-refractivity contribution in [1.82, 2.24) is 0 Å². The number of ether oxygens (including phenoxy) is 4. The molecule has 0 aliphatic rings. The van der Waals surface area contributed by atoms with Gasteiger partial charge in [-0.15, -0.1) is 0 Å². The summed E-state index contributed by atoms with van der Waals surface area (Å²) in [6.07, 6.45) is 50.0. The van der Waals surface area contributed by atoms with E-state index in [1.54, 1.807) is 0 Å². The Morgan fingerprint density at radius 2 is 0.505 bits per heavy atom. The van der Waals surface area contributed by atoms with E-state index in [4.69, 9.17) is 37.0 Å². The molecule has 0 fully saturated rings. The predicted molar refractivity (Wildman–Crippen MR) is 386 cm³/mol. The highest BCUT2D eigenvalue weighted by atomic mass is 31.2. The van der Waals surface area contributed by atoms with Crippen molar-refractivity contribution in [3.63, 3.8) is 0 Å². The Morgan fingerprint density at radius 1 is 0.295 bits per heavy atom. The van der Waals surface area contributed by atoms with Gasteiger partial charge in [-0.2, -0.15) is 0 Å². The summed E-state index contributed by atoms with van der Waals surface area (Å²) in [5.41, 5.74) is 0. The first-order valence-electron chi connectivity index (χ1n) is 39.3. The number of esters is 4. The number of aliphatic hydroxyl groups is 1. The van der Waals surface area contributed by atoms with Crippen LogP contribution in [0.15, 0.2) is 0 Å². The molecule has 0 aromatic heterocycles. The van der Waals surface area contributed by atoms with E-state index in [0.29, 0.717) is 25.7 Å². The topological polar surface area (TPSA) is 237 Å². The van der Waals surface area contributed by atoms with Gasteiger partial charge >= 0.3 is 39.5 Å². The third-order valence-electron chi connectivity index (χ3n) is 18.3. The van der Waals surface area contributed by atoms with E-state index in [-0.39, 0.29) is 25.7 Å². The van der Waals surface area contributed by atoms with Gasteiger partial charge in [-0.25, -0.2) is 9.13 Å². The molecule has 0 aromatic rings. The van der Waals surface area contributed by atoms with Crippen LogP contribution in [0.25, 0.3) is 0 Å². The molecule has 564 valence electrons. The molecule has 0 bridgehead atoms.